The van der Waals surface area contributed by atoms with Gasteiger partial charge < -0.3 is 57.6 Å². The summed E-state index contributed by atoms with van der Waals surface area (Å²) in [7, 11) is 0. The first-order chi connectivity index (χ1) is 40.5. The molecule has 2 N–H and O–H groups in total. The van der Waals surface area contributed by atoms with Gasteiger partial charge in [0.25, 0.3) is 0 Å². The van der Waals surface area contributed by atoms with Gasteiger partial charge in [0.2, 0.25) is 0 Å². The number of aliphatic hydroxyl groups excluding tert-OH is 2. The number of ether oxygens (including phenoxy) is 10. The van der Waals surface area contributed by atoms with Crippen molar-refractivity contribution in [2.45, 2.75) is 133 Å². The second-order valence-corrected chi connectivity index (χ2v) is 24.1. The van der Waals surface area contributed by atoms with E-state index in [2.05, 4.69) is 0 Å². The average Bonchev–Trinajstić information content (AvgIpc) is 1.39. The van der Waals surface area contributed by atoms with Gasteiger partial charge >= 0.3 is 0 Å². The summed E-state index contributed by atoms with van der Waals surface area (Å²) in [5.74, 6) is -2.32. The molecule has 3 saturated carbocycles. The lowest BCUT2D eigenvalue weighted by Gasteiger charge is -2.63. The number of hydrogen-bond donors (Lipinski definition) is 2. The van der Waals surface area contributed by atoms with Gasteiger partial charge in [0.1, 0.15) is 30.1 Å². The molecule has 84 heavy (non-hydrogen) atoms. The van der Waals surface area contributed by atoms with Crippen LogP contribution in [0.2, 0.25) is 0 Å². The third-order valence-corrected chi connectivity index (χ3v) is 18.5. The first-order valence-corrected chi connectivity index (χ1v) is 31.1. The Morgan fingerprint density at radius 2 is 1.26 bits per heavy atom. The minimum Gasteiger partial charge on any atom is -0.390 e. The molecule has 1 unspecified atom stereocenters. The maximum atomic E-state index is 17.8. The highest BCUT2D eigenvalue weighted by molar-refractivity contribution is 7.99. The highest BCUT2D eigenvalue weighted by Crippen LogP contribution is 2.72. The fraction of sp³-hybridized carbons (Fsp3) is 0.672. The SMILES string of the molecule is CSC(C)C(=O)CCCC(=O)CCCOCCOCCOCCOCCOCCOCCOCCOCCC(=O)Cc1cccc(Cc2ccc([C@@H]3O[C@@H]4C[C@H]5[C@@H]6C[C@H](F)C7=CC(=O)C=C[C@]7(C)[C@@]6(F)[C@@H](O)C[C@]5(C)[C@]4(C(=O)CO)O3)cc2)c1. The zero-order valence-electron chi connectivity index (χ0n) is 49.4. The quantitative estimate of drug-likeness (QED) is 0.0620. The van der Waals surface area contributed by atoms with Gasteiger partial charge in [0.05, 0.1) is 117 Å². The summed E-state index contributed by atoms with van der Waals surface area (Å²) < 4.78 is 91.3. The van der Waals surface area contributed by atoms with Crippen LogP contribution in [-0.4, -0.2) is 193 Å². The number of carbonyl (C=O) groups is 5. The lowest BCUT2D eigenvalue weighted by Crippen LogP contribution is -2.70. The maximum Gasteiger partial charge on any atom is 0.193 e. The lowest BCUT2D eigenvalue weighted by atomic mass is 9.44. The Morgan fingerprint density at radius 1 is 0.702 bits per heavy atom. The van der Waals surface area contributed by atoms with Gasteiger partial charge in [-0.05, 0) is 99.0 Å². The molecule has 17 nitrogen and oxygen atoms in total. The van der Waals surface area contributed by atoms with E-state index in [-0.39, 0.29) is 66.9 Å². The lowest BCUT2D eigenvalue weighted by molar-refractivity contribution is -0.235. The molecule has 7 rings (SSSR count). The molecule has 1 saturated heterocycles. The maximum absolute atomic E-state index is 17.8. The van der Waals surface area contributed by atoms with Crippen molar-refractivity contribution in [3.8, 4) is 0 Å². The van der Waals surface area contributed by atoms with E-state index in [0.29, 0.717) is 143 Å². The summed E-state index contributed by atoms with van der Waals surface area (Å²) in [6.45, 7) is 11.1. The Labute approximate surface area is 497 Å². The Bertz CT molecular complexity index is 2530. The number of aliphatic hydroxyl groups is 2. The number of allylic oxidation sites excluding steroid dienone is 4. The van der Waals surface area contributed by atoms with E-state index >= 15 is 8.78 Å². The summed E-state index contributed by atoms with van der Waals surface area (Å²) in [6.07, 6.45) is 3.94. The van der Waals surface area contributed by atoms with Crippen LogP contribution in [0.5, 0.6) is 0 Å². The Morgan fingerprint density at radius 3 is 1.85 bits per heavy atom. The van der Waals surface area contributed by atoms with E-state index in [9.17, 15) is 34.2 Å². The van der Waals surface area contributed by atoms with Crippen LogP contribution in [-0.2, 0) is 84.2 Å². The minimum absolute atomic E-state index is 0.0102. The number of benzene rings is 2. The second-order valence-electron chi connectivity index (χ2n) is 22.9. The third-order valence-electron chi connectivity index (χ3n) is 17.5. The van der Waals surface area contributed by atoms with Crippen LogP contribution in [0, 0.1) is 22.7 Å². The van der Waals surface area contributed by atoms with Crippen LogP contribution >= 0.6 is 11.8 Å². The standard InChI is InChI=1S/C64H88F2O17S/c1-44(84-4)56(71)12-6-10-49(68)11-7-20-74-22-24-76-26-28-78-30-32-80-34-35-81-33-31-79-29-27-77-25-23-75-21-18-51(70)38-47-9-5-8-46(37-47)36-45-13-15-48(16-14-45)60-82-59-41-52-53-40-55(65)54-39-50(69)17-19-61(54,2)63(53,66)57(72)42-62(52,3)64(59,83-60)58(73)43-67/h5,8-9,13-17,19,37,39,44,52-53,55,57,59-60,67,72H,6-7,10-12,18,20-36,38,40-43H2,1-4H3/t44?,52-,53-,55-,57-,59+,60+,61-,62-,63-,64+/m0/s1. The van der Waals surface area contributed by atoms with Crippen LogP contribution in [0.25, 0.3) is 0 Å². The van der Waals surface area contributed by atoms with Gasteiger partial charge in [0.15, 0.2) is 29.1 Å². The number of halogens is 2. The zero-order valence-corrected chi connectivity index (χ0v) is 50.2. The van der Waals surface area contributed by atoms with Crippen molar-refractivity contribution in [3.63, 3.8) is 0 Å². The molecule has 5 aliphatic rings. The molecule has 0 spiro atoms. The molecule has 1 aliphatic heterocycles. The highest BCUT2D eigenvalue weighted by Gasteiger charge is 2.80. The highest BCUT2D eigenvalue weighted by atomic mass is 32.2. The van der Waals surface area contributed by atoms with E-state index in [1.54, 1.807) is 6.92 Å². The molecule has 0 bridgehead atoms. The van der Waals surface area contributed by atoms with Crippen molar-refractivity contribution in [1.29, 1.82) is 0 Å². The van der Waals surface area contributed by atoms with Crippen molar-refractivity contribution in [1.82, 2.24) is 0 Å². The summed E-state index contributed by atoms with van der Waals surface area (Å²) in [6, 6.07) is 15.4. The first-order valence-electron chi connectivity index (χ1n) is 29.8. The Hall–Kier alpha value is -4.00. The fourth-order valence-corrected chi connectivity index (χ4v) is 13.4. The third kappa shape index (κ3) is 16.8. The normalized spacial score (nSPS) is 28.1. The number of fused-ring (bicyclic) bond motifs is 7. The van der Waals surface area contributed by atoms with Crippen molar-refractivity contribution in [2.75, 3.05) is 119 Å². The molecule has 0 aromatic heterocycles. The molecule has 2 aromatic carbocycles. The number of ketones is 5. The number of thioether (sulfide) groups is 1. The second kappa shape index (κ2) is 32.8. The van der Waals surface area contributed by atoms with Crippen molar-refractivity contribution in [3.05, 3.63) is 94.6 Å². The molecular weight excluding hydrogens is 1110 g/mol. The van der Waals surface area contributed by atoms with Crippen molar-refractivity contribution in [2.24, 2.45) is 22.7 Å². The number of Topliss-reactive ketones (excluding diaryl/α,β-unsaturated/α-hetero) is 4. The average molecular weight is 1200 g/mol. The molecule has 4 fully saturated rings. The van der Waals surface area contributed by atoms with Gasteiger partial charge in [-0.15, -0.1) is 0 Å². The predicted octanol–water partition coefficient (Wildman–Crippen LogP) is 7.40. The van der Waals surface area contributed by atoms with Gasteiger partial charge in [-0.2, -0.15) is 11.8 Å². The van der Waals surface area contributed by atoms with Crippen LogP contribution < -0.4 is 0 Å². The predicted molar refractivity (Wildman–Crippen MR) is 309 cm³/mol. The van der Waals surface area contributed by atoms with E-state index in [1.165, 1.54) is 30.8 Å². The number of carbonyl (C=O) groups excluding carboxylic acids is 5. The summed E-state index contributed by atoms with van der Waals surface area (Å²) in [4.78, 5) is 62.9. The Balaban J connectivity index is 0.678. The van der Waals surface area contributed by atoms with E-state index in [4.69, 9.17) is 47.4 Å². The van der Waals surface area contributed by atoms with Crippen molar-refractivity contribution >= 4 is 40.7 Å². The smallest absolute Gasteiger partial charge is 0.193 e. The molecule has 0 amide bonds. The van der Waals surface area contributed by atoms with E-state index in [1.807, 2.05) is 61.7 Å². The summed E-state index contributed by atoms with van der Waals surface area (Å²) >= 11 is 1.53. The first kappa shape index (κ1) is 67.5. The molecule has 466 valence electrons. The topological polar surface area (TPSA) is 218 Å². The molecule has 20 heteroatoms. The zero-order chi connectivity index (χ0) is 60.2. The number of rotatable bonds is 41. The van der Waals surface area contributed by atoms with Crippen molar-refractivity contribution < 1.29 is 90.3 Å². The monoisotopic (exact) mass is 1200 g/mol. The number of hydrogen-bond acceptors (Lipinski definition) is 18. The molecule has 1 heterocycles. The molecular formula is C64H88F2O17S. The van der Waals surface area contributed by atoms with Gasteiger partial charge in [-0.25, -0.2) is 8.78 Å². The van der Waals surface area contributed by atoms with Gasteiger partial charge in [0, 0.05) is 61.0 Å². The number of alkyl halides is 2. The fourth-order valence-electron chi connectivity index (χ4n) is 13.0. The minimum atomic E-state index is -2.33. The van der Waals surface area contributed by atoms with Crippen LogP contribution in [0.3, 0.4) is 0 Å². The van der Waals surface area contributed by atoms with E-state index < -0.39 is 76.8 Å². The molecule has 2 aromatic rings. The molecule has 11 atom stereocenters. The van der Waals surface area contributed by atoms with Crippen LogP contribution in [0.1, 0.15) is 107 Å². The largest absolute Gasteiger partial charge is 0.390 e. The molecule has 0 radical (unpaired) electrons. The molecule has 4 aliphatic carbocycles. The van der Waals surface area contributed by atoms with Gasteiger partial charge in [-0.3, -0.25) is 24.0 Å². The van der Waals surface area contributed by atoms with Crippen LogP contribution in [0.4, 0.5) is 8.78 Å². The Kier molecular flexibility index (Phi) is 26.4. The van der Waals surface area contributed by atoms with Gasteiger partial charge in [-0.1, -0.05) is 61.5 Å². The summed E-state index contributed by atoms with van der Waals surface area (Å²) in [5, 5.41) is 22.2. The van der Waals surface area contributed by atoms with Crippen LogP contribution in [0.15, 0.2) is 72.3 Å². The summed E-state index contributed by atoms with van der Waals surface area (Å²) in [5.41, 5.74) is -3.32. The van der Waals surface area contributed by atoms with E-state index in [0.717, 1.165) is 22.8 Å².